The lowest BCUT2D eigenvalue weighted by molar-refractivity contribution is 0.315. The average molecular weight is 222 g/mol. The molecule has 1 aromatic carbocycles. The molecule has 2 rings (SSSR count). The minimum absolute atomic E-state index is 0.182. The number of benzene rings is 1. The van der Waals surface area contributed by atoms with E-state index in [1.165, 1.54) is 12.1 Å². The predicted octanol–water partition coefficient (Wildman–Crippen LogP) is 2.39. The van der Waals surface area contributed by atoms with Gasteiger partial charge in [0.2, 0.25) is 0 Å². The van der Waals surface area contributed by atoms with E-state index in [1.54, 1.807) is 0 Å². The third-order valence-electron chi connectivity index (χ3n) is 3.79. The highest BCUT2D eigenvalue weighted by atomic mass is 19.1. The fourth-order valence-corrected chi connectivity index (χ4v) is 2.39. The Morgan fingerprint density at radius 1 is 1.25 bits per heavy atom. The van der Waals surface area contributed by atoms with Crippen LogP contribution in [0.25, 0.3) is 0 Å². The first-order valence-electron chi connectivity index (χ1n) is 5.87. The fraction of sp³-hybridized carbons (Fsp3) is 0.538. The molecule has 0 saturated carbocycles. The Hall–Kier alpha value is -1.09. The first-order chi connectivity index (χ1) is 7.59. The van der Waals surface area contributed by atoms with Gasteiger partial charge in [-0.05, 0) is 43.5 Å². The molecule has 0 aromatic heterocycles. The van der Waals surface area contributed by atoms with Crippen molar-refractivity contribution >= 4 is 5.69 Å². The molecule has 2 N–H and O–H groups in total. The number of nitrogens with two attached hydrogens (primary N) is 1. The van der Waals surface area contributed by atoms with Crippen molar-refractivity contribution in [3.8, 4) is 0 Å². The standard InChI is InChI=1S/C13H19FN2/c1-9-10(2)16(8-7-13(9)15)12-5-3-11(14)4-6-12/h3-6,9-10,13H,7-8,15H2,1-2H3. The molecule has 0 radical (unpaired) electrons. The maximum absolute atomic E-state index is 12.9. The van der Waals surface area contributed by atoms with Crippen LogP contribution in [0.3, 0.4) is 0 Å². The molecular formula is C13H19FN2. The van der Waals surface area contributed by atoms with E-state index in [1.807, 2.05) is 12.1 Å². The number of nitrogens with zero attached hydrogens (tertiary/aromatic N) is 1. The molecule has 0 aliphatic carbocycles. The Morgan fingerprint density at radius 3 is 2.50 bits per heavy atom. The van der Waals surface area contributed by atoms with Crippen molar-refractivity contribution in [2.45, 2.75) is 32.4 Å². The topological polar surface area (TPSA) is 29.3 Å². The average Bonchev–Trinajstić information content (AvgIpc) is 2.28. The number of rotatable bonds is 1. The van der Waals surface area contributed by atoms with Gasteiger partial charge in [0.25, 0.3) is 0 Å². The van der Waals surface area contributed by atoms with Gasteiger partial charge in [-0.1, -0.05) is 6.92 Å². The Balaban J connectivity index is 2.18. The second-order valence-electron chi connectivity index (χ2n) is 4.72. The van der Waals surface area contributed by atoms with Crippen LogP contribution in [0, 0.1) is 11.7 Å². The summed E-state index contributed by atoms with van der Waals surface area (Å²) in [5.41, 5.74) is 7.14. The molecule has 1 aromatic rings. The van der Waals surface area contributed by atoms with Crippen LogP contribution in [0.2, 0.25) is 0 Å². The van der Waals surface area contributed by atoms with Crippen molar-refractivity contribution in [3.05, 3.63) is 30.1 Å². The quantitative estimate of drug-likeness (QED) is 0.790. The van der Waals surface area contributed by atoms with Crippen molar-refractivity contribution < 1.29 is 4.39 Å². The minimum Gasteiger partial charge on any atom is -0.368 e. The number of hydrogen-bond acceptors (Lipinski definition) is 2. The van der Waals surface area contributed by atoms with E-state index in [2.05, 4.69) is 18.7 Å². The molecule has 1 saturated heterocycles. The summed E-state index contributed by atoms with van der Waals surface area (Å²) in [5, 5.41) is 0. The molecule has 0 bridgehead atoms. The summed E-state index contributed by atoms with van der Waals surface area (Å²) in [6.07, 6.45) is 1.00. The largest absolute Gasteiger partial charge is 0.368 e. The third-order valence-corrected chi connectivity index (χ3v) is 3.79. The smallest absolute Gasteiger partial charge is 0.123 e. The van der Waals surface area contributed by atoms with E-state index in [0.717, 1.165) is 18.7 Å². The summed E-state index contributed by atoms with van der Waals surface area (Å²) in [6, 6.07) is 7.41. The van der Waals surface area contributed by atoms with Crippen LogP contribution in [0.5, 0.6) is 0 Å². The summed E-state index contributed by atoms with van der Waals surface area (Å²) in [7, 11) is 0. The van der Waals surface area contributed by atoms with Gasteiger partial charge in [0, 0.05) is 24.3 Å². The second kappa shape index (κ2) is 4.42. The molecule has 3 atom stereocenters. The summed E-state index contributed by atoms with van der Waals surface area (Å²) >= 11 is 0. The van der Waals surface area contributed by atoms with Gasteiger partial charge >= 0.3 is 0 Å². The SMILES string of the molecule is CC1C(N)CCN(c2ccc(F)cc2)C1C. The predicted molar refractivity (Wildman–Crippen MR) is 65.0 cm³/mol. The maximum Gasteiger partial charge on any atom is 0.123 e. The molecule has 1 aliphatic rings. The van der Waals surface area contributed by atoms with Gasteiger partial charge in [-0.2, -0.15) is 0 Å². The van der Waals surface area contributed by atoms with E-state index >= 15 is 0 Å². The molecule has 1 heterocycles. The number of hydrogen-bond donors (Lipinski definition) is 1. The molecule has 16 heavy (non-hydrogen) atoms. The van der Waals surface area contributed by atoms with Crippen LogP contribution in [0.1, 0.15) is 20.3 Å². The Bertz CT molecular complexity index is 349. The first kappa shape index (κ1) is 11.4. The van der Waals surface area contributed by atoms with Crippen LogP contribution >= 0.6 is 0 Å². The van der Waals surface area contributed by atoms with Gasteiger partial charge in [-0.3, -0.25) is 0 Å². The van der Waals surface area contributed by atoms with Crippen LogP contribution in [0.15, 0.2) is 24.3 Å². The van der Waals surface area contributed by atoms with Crippen LogP contribution < -0.4 is 10.6 Å². The second-order valence-corrected chi connectivity index (χ2v) is 4.72. The van der Waals surface area contributed by atoms with Crippen molar-refractivity contribution in [3.63, 3.8) is 0 Å². The highest BCUT2D eigenvalue weighted by Gasteiger charge is 2.30. The molecular weight excluding hydrogens is 203 g/mol. The van der Waals surface area contributed by atoms with Crippen molar-refractivity contribution in [2.24, 2.45) is 11.7 Å². The highest BCUT2D eigenvalue weighted by molar-refractivity contribution is 5.48. The van der Waals surface area contributed by atoms with Crippen LogP contribution in [-0.2, 0) is 0 Å². The Kier molecular flexibility index (Phi) is 3.15. The van der Waals surface area contributed by atoms with Gasteiger partial charge in [-0.15, -0.1) is 0 Å². The Labute approximate surface area is 96.2 Å². The minimum atomic E-state index is -0.182. The van der Waals surface area contributed by atoms with Gasteiger partial charge in [0.05, 0.1) is 0 Å². The zero-order chi connectivity index (χ0) is 11.7. The van der Waals surface area contributed by atoms with Crippen molar-refractivity contribution in [1.82, 2.24) is 0 Å². The van der Waals surface area contributed by atoms with Crippen LogP contribution in [-0.4, -0.2) is 18.6 Å². The lowest BCUT2D eigenvalue weighted by Crippen LogP contribution is -2.51. The third kappa shape index (κ3) is 2.05. The van der Waals surface area contributed by atoms with Crippen molar-refractivity contribution in [1.29, 1.82) is 0 Å². The maximum atomic E-state index is 12.9. The van der Waals surface area contributed by atoms with Gasteiger partial charge in [0.1, 0.15) is 5.82 Å². The fourth-order valence-electron chi connectivity index (χ4n) is 2.39. The molecule has 3 heteroatoms. The van der Waals surface area contributed by atoms with E-state index in [9.17, 15) is 4.39 Å². The van der Waals surface area contributed by atoms with Crippen molar-refractivity contribution in [2.75, 3.05) is 11.4 Å². The van der Waals surface area contributed by atoms with E-state index in [-0.39, 0.29) is 11.9 Å². The summed E-state index contributed by atoms with van der Waals surface area (Å²) < 4.78 is 12.9. The number of piperidine rings is 1. The molecule has 3 unspecified atom stereocenters. The summed E-state index contributed by atoms with van der Waals surface area (Å²) in [6.45, 7) is 5.33. The summed E-state index contributed by atoms with van der Waals surface area (Å²) in [5.74, 6) is 0.289. The normalized spacial score (nSPS) is 30.5. The molecule has 1 fully saturated rings. The molecule has 2 nitrogen and oxygen atoms in total. The monoisotopic (exact) mass is 222 g/mol. The highest BCUT2D eigenvalue weighted by Crippen LogP contribution is 2.27. The lowest BCUT2D eigenvalue weighted by Gasteiger charge is -2.42. The molecule has 0 spiro atoms. The first-order valence-corrected chi connectivity index (χ1v) is 5.87. The van der Waals surface area contributed by atoms with E-state index in [0.29, 0.717) is 12.0 Å². The van der Waals surface area contributed by atoms with E-state index in [4.69, 9.17) is 5.73 Å². The van der Waals surface area contributed by atoms with Crippen LogP contribution in [0.4, 0.5) is 10.1 Å². The van der Waals surface area contributed by atoms with E-state index < -0.39 is 0 Å². The molecule has 1 aliphatic heterocycles. The van der Waals surface area contributed by atoms with Gasteiger partial charge < -0.3 is 10.6 Å². The molecule has 88 valence electrons. The summed E-state index contributed by atoms with van der Waals surface area (Å²) in [4.78, 5) is 2.31. The zero-order valence-electron chi connectivity index (χ0n) is 9.86. The number of anilines is 1. The lowest BCUT2D eigenvalue weighted by atomic mass is 9.87. The van der Waals surface area contributed by atoms with Gasteiger partial charge in [-0.25, -0.2) is 4.39 Å². The Morgan fingerprint density at radius 2 is 1.88 bits per heavy atom. The van der Waals surface area contributed by atoms with Gasteiger partial charge in [0.15, 0.2) is 0 Å². The zero-order valence-corrected chi connectivity index (χ0v) is 9.86. The molecule has 0 amide bonds. The number of halogens is 1.